The molecule has 0 heterocycles. The molecule has 104 valence electrons. The number of hydrogen-bond acceptors (Lipinski definition) is 2. The molecule has 0 aromatic heterocycles. The van der Waals surface area contributed by atoms with E-state index in [2.05, 4.69) is 0 Å². The topological polar surface area (TPSA) is 40.5 Å². The van der Waals surface area contributed by atoms with Crippen molar-refractivity contribution in [1.29, 1.82) is 0 Å². The van der Waals surface area contributed by atoms with E-state index in [9.17, 15) is 9.18 Å². The Bertz CT molecular complexity index is 628. The molecule has 0 aliphatic rings. The molecule has 0 radical (unpaired) electrons. The van der Waals surface area contributed by atoms with E-state index in [1.54, 1.807) is 24.1 Å². The van der Waals surface area contributed by atoms with Crippen LogP contribution >= 0.6 is 11.6 Å². The molecule has 3 nitrogen and oxygen atoms in total. The van der Waals surface area contributed by atoms with Gasteiger partial charge in [-0.05, 0) is 29.8 Å². The first-order valence-corrected chi connectivity index (χ1v) is 6.34. The fourth-order valence-corrected chi connectivity index (χ4v) is 2.14. The minimum absolute atomic E-state index is 0.0542. The Balaban J connectivity index is 2.31. The van der Waals surface area contributed by atoms with E-state index < -0.39 is 11.8 Å². The lowest BCUT2D eigenvalue weighted by molar-refractivity contribution is 0.0697. The maximum atomic E-state index is 13.9. The number of para-hydroxylation sites is 1. The summed E-state index contributed by atoms with van der Waals surface area (Å²) in [5.41, 5.74) is 0.938. The third kappa shape index (κ3) is 3.08. The number of nitrogens with zero attached hydrogens (tertiary/aromatic N) is 1. The fraction of sp³-hybridized carbons (Fsp3) is 0.133. The minimum atomic E-state index is -1.15. The smallest absolute Gasteiger partial charge is 0.337 e. The number of benzene rings is 2. The van der Waals surface area contributed by atoms with Gasteiger partial charge < -0.3 is 10.0 Å². The average Bonchev–Trinajstić information content (AvgIpc) is 2.40. The highest BCUT2D eigenvalue weighted by Gasteiger charge is 2.17. The van der Waals surface area contributed by atoms with Crippen molar-refractivity contribution in [3.05, 3.63) is 64.4 Å². The van der Waals surface area contributed by atoms with Crippen LogP contribution in [0.25, 0.3) is 0 Å². The lowest BCUT2D eigenvalue weighted by atomic mass is 10.1. The molecule has 0 spiro atoms. The third-order valence-corrected chi connectivity index (χ3v) is 3.18. The fourth-order valence-electron chi connectivity index (χ4n) is 2.02. The number of carbonyl (C=O) groups is 1. The molecule has 0 saturated heterocycles. The highest BCUT2D eigenvalue weighted by atomic mass is 35.5. The summed E-state index contributed by atoms with van der Waals surface area (Å²) in [5, 5.41) is 9.75. The molecule has 0 atom stereocenters. The summed E-state index contributed by atoms with van der Waals surface area (Å²) in [4.78, 5) is 12.7. The van der Waals surface area contributed by atoms with Crippen molar-refractivity contribution in [1.82, 2.24) is 0 Å². The molecule has 0 amide bonds. The van der Waals surface area contributed by atoms with E-state index in [-0.39, 0.29) is 11.3 Å². The first-order valence-electron chi connectivity index (χ1n) is 5.96. The average molecular weight is 294 g/mol. The van der Waals surface area contributed by atoms with Crippen molar-refractivity contribution >= 4 is 23.3 Å². The second kappa shape index (κ2) is 5.92. The first-order chi connectivity index (χ1) is 9.49. The standard InChI is InChI=1S/C15H13ClFNO2/c1-18(9-10-5-7-11(16)8-6-10)14-12(15(19)20)3-2-4-13(14)17/h2-8H,9H2,1H3,(H,19,20). The lowest BCUT2D eigenvalue weighted by Crippen LogP contribution is -2.20. The number of hydrogen-bond donors (Lipinski definition) is 1. The molecule has 1 N–H and O–H groups in total. The van der Waals surface area contributed by atoms with Gasteiger partial charge in [0.05, 0.1) is 11.3 Å². The molecule has 0 unspecified atom stereocenters. The molecule has 20 heavy (non-hydrogen) atoms. The largest absolute Gasteiger partial charge is 0.478 e. The zero-order valence-corrected chi connectivity index (χ0v) is 11.6. The molecule has 0 aliphatic heterocycles. The van der Waals surface area contributed by atoms with Crippen molar-refractivity contribution in [2.24, 2.45) is 0 Å². The summed E-state index contributed by atoms with van der Waals surface area (Å²) in [7, 11) is 1.65. The SMILES string of the molecule is CN(Cc1ccc(Cl)cc1)c1c(F)cccc1C(=O)O. The maximum absolute atomic E-state index is 13.9. The Morgan fingerprint density at radius 1 is 1.25 bits per heavy atom. The number of carboxylic acids is 1. The van der Waals surface area contributed by atoms with Crippen molar-refractivity contribution in [2.45, 2.75) is 6.54 Å². The van der Waals surface area contributed by atoms with Gasteiger partial charge in [-0.2, -0.15) is 0 Å². The summed E-state index contributed by atoms with van der Waals surface area (Å²) in [6.45, 7) is 0.387. The second-order valence-corrected chi connectivity index (χ2v) is 4.86. The number of anilines is 1. The van der Waals surface area contributed by atoms with E-state index in [4.69, 9.17) is 16.7 Å². The van der Waals surface area contributed by atoms with Gasteiger partial charge in [0.15, 0.2) is 0 Å². The molecule has 2 rings (SSSR count). The van der Waals surface area contributed by atoms with Crippen LogP contribution in [0, 0.1) is 5.82 Å². The normalized spacial score (nSPS) is 10.3. The third-order valence-electron chi connectivity index (χ3n) is 2.93. The van der Waals surface area contributed by atoms with Crippen LogP contribution in [0.5, 0.6) is 0 Å². The number of aromatic carboxylic acids is 1. The van der Waals surface area contributed by atoms with E-state index in [0.29, 0.717) is 11.6 Å². The van der Waals surface area contributed by atoms with Gasteiger partial charge in [-0.3, -0.25) is 0 Å². The van der Waals surface area contributed by atoms with Gasteiger partial charge in [0.2, 0.25) is 0 Å². The Morgan fingerprint density at radius 2 is 1.90 bits per heavy atom. The van der Waals surface area contributed by atoms with Crippen molar-refractivity contribution in [2.75, 3.05) is 11.9 Å². The zero-order valence-electron chi connectivity index (χ0n) is 10.8. The van der Waals surface area contributed by atoms with Crippen LogP contribution in [0.1, 0.15) is 15.9 Å². The predicted octanol–water partition coefficient (Wildman–Crippen LogP) is 3.81. The number of halogens is 2. The van der Waals surface area contributed by atoms with Crippen molar-refractivity contribution in [3.8, 4) is 0 Å². The highest BCUT2D eigenvalue weighted by molar-refractivity contribution is 6.30. The molecule has 0 bridgehead atoms. The van der Waals surface area contributed by atoms with Crippen molar-refractivity contribution < 1.29 is 14.3 Å². The second-order valence-electron chi connectivity index (χ2n) is 4.42. The van der Waals surface area contributed by atoms with Crippen LogP contribution in [0.4, 0.5) is 10.1 Å². The van der Waals surface area contributed by atoms with Gasteiger partial charge >= 0.3 is 5.97 Å². The molecular weight excluding hydrogens is 281 g/mol. The number of rotatable bonds is 4. The summed E-state index contributed by atoms with van der Waals surface area (Å²) >= 11 is 5.81. The Morgan fingerprint density at radius 3 is 2.50 bits per heavy atom. The van der Waals surface area contributed by atoms with Gasteiger partial charge in [-0.1, -0.05) is 29.8 Å². The summed E-state index contributed by atoms with van der Waals surface area (Å²) in [5.74, 6) is -1.70. The summed E-state index contributed by atoms with van der Waals surface area (Å²) < 4.78 is 13.9. The lowest BCUT2D eigenvalue weighted by Gasteiger charge is -2.22. The van der Waals surface area contributed by atoms with E-state index in [1.807, 2.05) is 12.1 Å². The number of carboxylic acid groups (broad SMARTS) is 1. The highest BCUT2D eigenvalue weighted by Crippen LogP contribution is 2.25. The van der Waals surface area contributed by atoms with Gasteiger partial charge in [0.1, 0.15) is 5.82 Å². The van der Waals surface area contributed by atoms with Crippen LogP contribution in [0.3, 0.4) is 0 Å². The quantitative estimate of drug-likeness (QED) is 0.932. The van der Waals surface area contributed by atoms with Gasteiger partial charge in [-0.25, -0.2) is 9.18 Å². The van der Waals surface area contributed by atoms with Crippen LogP contribution in [0.2, 0.25) is 5.02 Å². The van der Waals surface area contributed by atoms with Crippen LogP contribution in [0.15, 0.2) is 42.5 Å². The summed E-state index contributed by atoms with van der Waals surface area (Å²) in [6.07, 6.45) is 0. The zero-order chi connectivity index (χ0) is 14.7. The van der Waals surface area contributed by atoms with Crippen LogP contribution in [-0.2, 0) is 6.54 Å². The van der Waals surface area contributed by atoms with Crippen molar-refractivity contribution in [3.63, 3.8) is 0 Å². The van der Waals surface area contributed by atoms with Gasteiger partial charge in [0.25, 0.3) is 0 Å². The van der Waals surface area contributed by atoms with Crippen LogP contribution < -0.4 is 4.90 Å². The molecule has 0 fully saturated rings. The minimum Gasteiger partial charge on any atom is -0.478 e. The Hall–Kier alpha value is -2.07. The Labute approximate surface area is 121 Å². The molecule has 0 aliphatic carbocycles. The molecule has 5 heteroatoms. The molecule has 0 saturated carbocycles. The van der Waals surface area contributed by atoms with E-state index >= 15 is 0 Å². The van der Waals surface area contributed by atoms with Gasteiger partial charge in [-0.15, -0.1) is 0 Å². The Kier molecular flexibility index (Phi) is 4.25. The maximum Gasteiger partial charge on any atom is 0.337 e. The molecule has 2 aromatic rings. The van der Waals surface area contributed by atoms with Crippen LogP contribution in [-0.4, -0.2) is 18.1 Å². The molecular formula is C15H13ClFNO2. The van der Waals surface area contributed by atoms with E-state index in [1.165, 1.54) is 18.2 Å². The monoisotopic (exact) mass is 293 g/mol. The summed E-state index contributed by atoms with van der Waals surface area (Å²) in [6, 6.07) is 11.1. The molecule has 2 aromatic carbocycles. The first kappa shape index (κ1) is 14.3. The van der Waals surface area contributed by atoms with Gasteiger partial charge in [0, 0.05) is 18.6 Å². The van der Waals surface area contributed by atoms with E-state index in [0.717, 1.165) is 5.56 Å². The predicted molar refractivity (Wildman–Crippen MR) is 76.9 cm³/mol.